The van der Waals surface area contributed by atoms with Gasteiger partial charge in [0.15, 0.2) is 0 Å². The minimum atomic E-state index is -0.0396. The van der Waals surface area contributed by atoms with Crippen LogP contribution in [0.1, 0.15) is 42.3 Å². The molecule has 3 rings (SSSR count). The van der Waals surface area contributed by atoms with E-state index in [2.05, 4.69) is 31.3 Å². The minimum Gasteiger partial charge on any atom is -0.378 e. The lowest BCUT2D eigenvalue weighted by molar-refractivity contribution is -0.103. The van der Waals surface area contributed by atoms with Crippen LogP contribution < -0.4 is 5.32 Å². The van der Waals surface area contributed by atoms with Crippen molar-refractivity contribution in [1.29, 1.82) is 0 Å². The Balaban J connectivity index is 1.85. The van der Waals surface area contributed by atoms with Crippen LogP contribution in [0.4, 0.5) is 0 Å². The van der Waals surface area contributed by atoms with Crippen molar-refractivity contribution >= 4 is 0 Å². The summed E-state index contributed by atoms with van der Waals surface area (Å²) in [6, 6.07) is 0.347. The molecule has 118 valence electrons. The quantitative estimate of drug-likeness (QED) is 0.924. The van der Waals surface area contributed by atoms with Gasteiger partial charge in [-0.05, 0) is 39.7 Å². The van der Waals surface area contributed by atoms with Crippen molar-refractivity contribution in [2.75, 3.05) is 26.9 Å². The average molecular weight is 293 g/mol. The maximum absolute atomic E-state index is 6.08. The molecular formula is C16H27N3O2. The Morgan fingerprint density at radius 1 is 1.38 bits per heavy atom. The van der Waals surface area contributed by atoms with Crippen molar-refractivity contribution in [3.05, 3.63) is 17.0 Å². The van der Waals surface area contributed by atoms with Crippen LogP contribution in [0, 0.1) is 19.8 Å². The summed E-state index contributed by atoms with van der Waals surface area (Å²) in [7, 11) is 4.08. The summed E-state index contributed by atoms with van der Waals surface area (Å²) in [6.45, 7) is 6.70. The predicted octanol–water partition coefficient (Wildman–Crippen LogP) is 1.88. The topological polar surface area (TPSA) is 48.3 Å². The molecule has 1 aromatic heterocycles. The number of aryl methyl sites for hydroxylation is 2. The number of hydrogen-bond acceptors (Lipinski definition) is 4. The van der Waals surface area contributed by atoms with Crippen LogP contribution in [0.5, 0.6) is 0 Å². The first-order valence-electron chi connectivity index (χ1n) is 7.95. The van der Waals surface area contributed by atoms with Gasteiger partial charge >= 0.3 is 0 Å². The van der Waals surface area contributed by atoms with Gasteiger partial charge in [0.2, 0.25) is 0 Å². The Kier molecular flexibility index (Phi) is 4.08. The molecule has 2 fully saturated rings. The maximum atomic E-state index is 6.08. The van der Waals surface area contributed by atoms with Gasteiger partial charge in [0.1, 0.15) is 0 Å². The van der Waals surface area contributed by atoms with Crippen molar-refractivity contribution < 1.29 is 9.47 Å². The molecule has 1 aromatic rings. The van der Waals surface area contributed by atoms with E-state index in [0.717, 1.165) is 44.8 Å². The minimum absolute atomic E-state index is 0.0396. The molecule has 21 heavy (non-hydrogen) atoms. The third-order valence-electron chi connectivity index (χ3n) is 5.26. The zero-order chi connectivity index (χ0) is 15.0. The molecule has 3 unspecified atom stereocenters. The number of aromatic nitrogens is 2. The molecule has 0 aliphatic carbocycles. The second-order valence-electron chi connectivity index (χ2n) is 6.56. The molecule has 3 atom stereocenters. The van der Waals surface area contributed by atoms with Crippen molar-refractivity contribution in [3.8, 4) is 0 Å². The van der Waals surface area contributed by atoms with Gasteiger partial charge in [-0.3, -0.25) is 4.68 Å². The molecule has 0 saturated carbocycles. The van der Waals surface area contributed by atoms with Gasteiger partial charge in [0.25, 0.3) is 0 Å². The predicted molar refractivity (Wildman–Crippen MR) is 81.3 cm³/mol. The molecular weight excluding hydrogens is 266 g/mol. The van der Waals surface area contributed by atoms with E-state index in [4.69, 9.17) is 9.47 Å². The first-order valence-corrected chi connectivity index (χ1v) is 7.95. The SMILES string of the molecule is CNC(c1c(C)nn(C)c1C)C1CCOC2(CCOC2)C1. The van der Waals surface area contributed by atoms with E-state index in [1.807, 2.05) is 11.7 Å². The summed E-state index contributed by atoms with van der Waals surface area (Å²) in [4.78, 5) is 0. The van der Waals surface area contributed by atoms with Gasteiger partial charge in [0, 0.05) is 44.0 Å². The van der Waals surface area contributed by atoms with E-state index in [1.165, 1.54) is 11.3 Å². The molecule has 5 heteroatoms. The van der Waals surface area contributed by atoms with Crippen LogP contribution >= 0.6 is 0 Å². The summed E-state index contributed by atoms with van der Waals surface area (Å²) >= 11 is 0. The first-order chi connectivity index (χ1) is 10.1. The maximum Gasteiger partial charge on any atom is 0.0940 e. The second kappa shape index (κ2) is 5.71. The molecule has 0 amide bonds. The number of nitrogens with one attached hydrogen (secondary N) is 1. The van der Waals surface area contributed by atoms with Gasteiger partial charge in [0.05, 0.1) is 17.9 Å². The van der Waals surface area contributed by atoms with Gasteiger partial charge < -0.3 is 14.8 Å². The van der Waals surface area contributed by atoms with Crippen molar-refractivity contribution in [1.82, 2.24) is 15.1 Å². The Labute approximate surface area is 127 Å². The Bertz CT molecular complexity index is 506. The third kappa shape index (κ3) is 2.62. The normalized spacial score (nSPS) is 31.0. The molecule has 3 heterocycles. The lowest BCUT2D eigenvalue weighted by Crippen LogP contribution is -2.43. The van der Waals surface area contributed by atoms with Crippen LogP contribution in [0.25, 0.3) is 0 Å². The molecule has 1 spiro atoms. The summed E-state index contributed by atoms with van der Waals surface area (Å²) in [5, 5.41) is 8.12. The number of rotatable bonds is 3. The van der Waals surface area contributed by atoms with E-state index < -0.39 is 0 Å². The number of nitrogens with zero attached hydrogens (tertiary/aromatic N) is 2. The molecule has 0 aromatic carbocycles. The molecule has 1 N–H and O–H groups in total. The fraction of sp³-hybridized carbons (Fsp3) is 0.812. The largest absolute Gasteiger partial charge is 0.378 e. The standard InChI is InChI=1S/C16H27N3O2/c1-11-14(12(2)19(4)18-11)15(17-3)13-5-7-21-16(9-13)6-8-20-10-16/h13,15,17H,5-10H2,1-4H3. The summed E-state index contributed by atoms with van der Waals surface area (Å²) < 4.78 is 13.7. The van der Waals surface area contributed by atoms with E-state index in [0.29, 0.717) is 12.0 Å². The van der Waals surface area contributed by atoms with E-state index >= 15 is 0 Å². The van der Waals surface area contributed by atoms with Crippen molar-refractivity contribution in [2.24, 2.45) is 13.0 Å². The van der Waals surface area contributed by atoms with Gasteiger partial charge in [-0.25, -0.2) is 0 Å². The summed E-state index contributed by atoms with van der Waals surface area (Å²) in [5.74, 6) is 0.576. The molecule has 2 aliphatic heterocycles. The fourth-order valence-corrected chi connectivity index (χ4v) is 4.07. The van der Waals surface area contributed by atoms with Gasteiger partial charge in [-0.1, -0.05) is 0 Å². The first kappa shape index (κ1) is 15.0. The Morgan fingerprint density at radius 3 is 2.76 bits per heavy atom. The van der Waals surface area contributed by atoms with Crippen molar-refractivity contribution in [3.63, 3.8) is 0 Å². The van der Waals surface area contributed by atoms with Crippen LogP contribution in [0.15, 0.2) is 0 Å². The highest BCUT2D eigenvalue weighted by Crippen LogP contribution is 2.41. The van der Waals surface area contributed by atoms with Crippen LogP contribution in [-0.4, -0.2) is 42.2 Å². The third-order valence-corrected chi connectivity index (χ3v) is 5.26. The number of ether oxygens (including phenoxy) is 2. The summed E-state index contributed by atoms with van der Waals surface area (Å²) in [6.07, 6.45) is 3.21. The molecule has 2 aliphatic rings. The molecule has 5 nitrogen and oxygen atoms in total. The number of hydrogen-bond donors (Lipinski definition) is 1. The Hall–Kier alpha value is -0.910. The molecule has 0 bridgehead atoms. The fourth-order valence-electron chi connectivity index (χ4n) is 4.07. The van der Waals surface area contributed by atoms with Crippen LogP contribution in [0.3, 0.4) is 0 Å². The molecule has 0 radical (unpaired) electrons. The smallest absolute Gasteiger partial charge is 0.0940 e. The van der Waals surface area contributed by atoms with E-state index in [-0.39, 0.29) is 5.60 Å². The van der Waals surface area contributed by atoms with E-state index in [9.17, 15) is 0 Å². The zero-order valence-corrected chi connectivity index (χ0v) is 13.6. The highest BCUT2D eigenvalue weighted by atomic mass is 16.6. The average Bonchev–Trinajstić information content (AvgIpc) is 3.00. The Morgan fingerprint density at radius 2 is 2.19 bits per heavy atom. The zero-order valence-electron chi connectivity index (χ0n) is 13.6. The second-order valence-corrected chi connectivity index (χ2v) is 6.56. The lowest BCUT2D eigenvalue weighted by Gasteiger charge is -2.40. The highest BCUT2D eigenvalue weighted by molar-refractivity contribution is 5.29. The summed E-state index contributed by atoms with van der Waals surface area (Å²) in [5.41, 5.74) is 3.72. The van der Waals surface area contributed by atoms with Crippen LogP contribution in [-0.2, 0) is 16.5 Å². The van der Waals surface area contributed by atoms with Crippen LogP contribution in [0.2, 0.25) is 0 Å². The monoisotopic (exact) mass is 293 g/mol. The van der Waals surface area contributed by atoms with Gasteiger partial charge in [-0.2, -0.15) is 5.10 Å². The molecule has 2 saturated heterocycles. The van der Waals surface area contributed by atoms with E-state index in [1.54, 1.807) is 0 Å². The van der Waals surface area contributed by atoms with Gasteiger partial charge in [-0.15, -0.1) is 0 Å². The van der Waals surface area contributed by atoms with Crippen molar-refractivity contribution in [2.45, 2.75) is 44.8 Å². The highest BCUT2D eigenvalue weighted by Gasteiger charge is 2.43. The lowest BCUT2D eigenvalue weighted by atomic mass is 9.78.